The Morgan fingerprint density at radius 3 is 2.60 bits per heavy atom. The number of carbonyl (C=O) groups is 1. The summed E-state index contributed by atoms with van der Waals surface area (Å²) in [5.74, 6) is -0.0697. The molecule has 1 amide bonds. The Morgan fingerprint density at radius 2 is 1.95 bits per heavy atom. The van der Waals surface area contributed by atoms with Crippen molar-refractivity contribution < 1.29 is 9.90 Å². The number of carbonyl (C=O) groups excluding carboxylic acids is 1. The standard InChI is InChI=1S/C16H16BrNO2/c1-11(12-5-3-2-4-6-12)10-18-16(20)14-8-7-13(17)9-15(14)19/h2-9,11,19H,10H2,1H3,(H,18,20). The zero-order chi connectivity index (χ0) is 14.5. The third-order valence-electron chi connectivity index (χ3n) is 3.14. The first-order valence-electron chi connectivity index (χ1n) is 6.39. The van der Waals surface area contributed by atoms with Crippen LogP contribution in [0, 0.1) is 0 Å². The average molecular weight is 334 g/mol. The molecule has 0 saturated heterocycles. The van der Waals surface area contributed by atoms with Crippen LogP contribution in [0.15, 0.2) is 53.0 Å². The predicted octanol–water partition coefficient (Wildman–Crippen LogP) is 3.69. The van der Waals surface area contributed by atoms with Crippen LogP contribution in [0.4, 0.5) is 0 Å². The topological polar surface area (TPSA) is 49.3 Å². The van der Waals surface area contributed by atoms with Crippen molar-refractivity contribution in [3.63, 3.8) is 0 Å². The van der Waals surface area contributed by atoms with Crippen LogP contribution in [0.2, 0.25) is 0 Å². The van der Waals surface area contributed by atoms with Crippen LogP contribution in [-0.4, -0.2) is 17.6 Å². The molecule has 2 N–H and O–H groups in total. The molecule has 0 fully saturated rings. The van der Waals surface area contributed by atoms with Crippen LogP contribution in [0.3, 0.4) is 0 Å². The zero-order valence-electron chi connectivity index (χ0n) is 11.1. The number of phenols is 1. The summed E-state index contributed by atoms with van der Waals surface area (Å²) in [5, 5.41) is 12.6. The number of phenolic OH excluding ortho intramolecular Hbond substituents is 1. The highest BCUT2D eigenvalue weighted by molar-refractivity contribution is 9.10. The molecule has 4 heteroatoms. The molecule has 2 aromatic rings. The quantitative estimate of drug-likeness (QED) is 0.896. The molecule has 2 rings (SSSR count). The normalized spacial score (nSPS) is 11.9. The van der Waals surface area contributed by atoms with Gasteiger partial charge < -0.3 is 10.4 Å². The summed E-state index contributed by atoms with van der Waals surface area (Å²) >= 11 is 3.25. The molecule has 0 saturated carbocycles. The number of amides is 1. The maximum atomic E-state index is 12.0. The highest BCUT2D eigenvalue weighted by atomic mass is 79.9. The largest absolute Gasteiger partial charge is 0.507 e. The Labute approximate surface area is 126 Å². The van der Waals surface area contributed by atoms with E-state index in [0.29, 0.717) is 6.54 Å². The molecule has 0 aliphatic carbocycles. The summed E-state index contributed by atoms with van der Waals surface area (Å²) in [7, 11) is 0. The molecule has 1 unspecified atom stereocenters. The van der Waals surface area contributed by atoms with Gasteiger partial charge in [0.05, 0.1) is 5.56 Å². The summed E-state index contributed by atoms with van der Waals surface area (Å²) in [5.41, 5.74) is 1.46. The van der Waals surface area contributed by atoms with E-state index >= 15 is 0 Å². The summed E-state index contributed by atoms with van der Waals surface area (Å²) in [4.78, 5) is 12.0. The maximum Gasteiger partial charge on any atom is 0.255 e. The minimum atomic E-state index is -0.266. The first kappa shape index (κ1) is 14.6. The maximum absolute atomic E-state index is 12.0. The number of benzene rings is 2. The average Bonchev–Trinajstić information content (AvgIpc) is 2.45. The molecule has 0 bridgehead atoms. The van der Waals surface area contributed by atoms with Gasteiger partial charge in [-0.05, 0) is 29.7 Å². The van der Waals surface area contributed by atoms with Gasteiger partial charge >= 0.3 is 0 Å². The number of rotatable bonds is 4. The summed E-state index contributed by atoms with van der Waals surface area (Å²) in [6, 6.07) is 14.8. The van der Waals surface area contributed by atoms with E-state index in [9.17, 15) is 9.90 Å². The Balaban J connectivity index is 1.99. The van der Waals surface area contributed by atoms with Gasteiger partial charge in [-0.15, -0.1) is 0 Å². The van der Waals surface area contributed by atoms with Crippen LogP contribution in [-0.2, 0) is 0 Å². The van der Waals surface area contributed by atoms with Crippen molar-refractivity contribution in [2.75, 3.05) is 6.54 Å². The SMILES string of the molecule is CC(CNC(=O)c1ccc(Br)cc1O)c1ccccc1. The number of halogens is 1. The Bertz CT molecular complexity index is 599. The fraction of sp³-hybridized carbons (Fsp3) is 0.188. The fourth-order valence-electron chi connectivity index (χ4n) is 1.94. The van der Waals surface area contributed by atoms with E-state index in [1.165, 1.54) is 11.6 Å². The lowest BCUT2D eigenvalue weighted by molar-refractivity contribution is 0.0949. The van der Waals surface area contributed by atoms with Crippen LogP contribution >= 0.6 is 15.9 Å². The van der Waals surface area contributed by atoms with E-state index in [-0.39, 0.29) is 23.1 Å². The molecule has 1 atom stereocenters. The molecule has 0 aromatic heterocycles. The van der Waals surface area contributed by atoms with Crippen LogP contribution in [0.5, 0.6) is 5.75 Å². The van der Waals surface area contributed by atoms with E-state index in [4.69, 9.17) is 0 Å². The van der Waals surface area contributed by atoms with Crippen molar-refractivity contribution in [1.82, 2.24) is 5.32 Å². The van der Waals surface area contributed by atoms with Gasteiger partial charge in [0.2, 0.25) is 0 Å². The van der Waals surface area contributed by atoms with Gasteiger partial charge in [-0.3, -0.25) is 4.79 Å². The molecule has 104 valence electrons. The third kappa shape index (κ3) is 3.61. The Kier molecular flexibility index (Phi) is 4.79. The molecule has 3 nitrogen and oxygen atoms in total. The molecule has 20 heavy (non-hydrogen) atoms. The second-order valence-electron chi connectivity index (χ2n) is 4.68. The van der Waals surface area contributed by atoms with Gasteiger partial charge in [0.25, 0.3) is 5.91 Å². The van der Waals surface area contributed by atoms with Crippen LogP contribution in [0.25, 0.3) is 0 Å². The predicted molar refractivity (Wildman–Crippen MR) is 83.0 cm³/mol. The Hall–Kier alpha value is -1.81. The van der Waals surface area contributed by atoms with Gasteiger partial charge in [0.15, 0.2) is 0 Å². The van der Waals surface area contributed by atoms with E-state index < -0.39 is 0 Å². The second-order valence-corrected chi connectivity index (χ2v) is 5.60. The number of nitrogens with one attached hydrogen (secondary N) is 1. The summed E-state index contributed by atoms with van der Waals surface area (Å²) in [6.07, 6.45) is 0. The Morgan fingerprint density at radius 1 is 1.25 bits per heavy atom. The molecule has 0 aliphatic heterocycles. The smallest absolute Gasteiger partial charge is 0.255 e. The van der Waals surface area contributed by atoms with Crippen molar-refractivity contribution in [1.29, 1.82) is 0 Å². The van der Waals surface area contributed by atoms with E-state index in [1.54, 1.807) is 12.1 Å². The van der Waals surface area contributed by atoms with E-state index in [1.807, 2.05) is 30.3 Å². The first-order chi connectivity index (χ1) is 9.58. The molecular weight excluding hydrogens is 318 g/mol. The van der Waals surface area contributed by atoms with Crippen LogP contribution < -0.4 is 5.32 Å². The van der Waals surface area contributed by atoms with E-state index in [2.05, 4.69) is 28.2 Å². The number of hydrogen-bond acceptors (Lipinski definition) is 2. The van der Waals surface area contributed by atoms with Gasteiger partial charge in [-0.2, -0.15) is 0 Å². The van der Waals surface area contributed by atoms with Crippen molar-refractivity contribution in [3.8, 4) is 5.75 Å². The van der Waals surface area contributed by atoms with Gasteiger partial charge in [-0.25, -0.2) is 0 Å². The third-order valence-corrected chi connectivity index (χ3v) is 3.64. The van der Waals surface area contributed by atoms with Gasteiger partial charge in [0.1, 0.15) is 5.75 Å². The van der Waals surface area contributed by atoms with E-state index in [0.717, 1.165) is 4.47 Å². The molecule has 0 spiro atoms. The van der Waals surface area contributed by atoms with Crippen molar-refractivity contribution in [3.05, 3.63) is 64.1 Å². The lowest BCUT2D eigenvalue weighted by Gasteiger charge is -2.13. The molecular formula is C16H16BrNO2. The van der Waals surface area contributed by atoms with Crippen LogP contribution in [0.1, 0.15) is 28.8 Å². The van der Waals surface area contributed by atoms with Gasteiger partial charge in [0, 0.05) is 11.0 Å². The highest BCUT2D eigenvalue weighted by Gasteiger charge is 2.12. The molecule has 0 aliphatic rings. The minimum absolute atomic E-state index is 0.0239. The highest BCUT2D eigenvalue weighted by Crippen LogP contribution is 2.22. The molecule has 0 radical (unpaired) electrons. The fourth-order valence-corrected chi connectivity index (χ4v) is 2.29. The zero-order valence-corrected chi connectivity index (χ0v) is 12.7. The number of hydrogen-bond donors (Lipinski definition) is 2. The van der Waals surface area contributed by atoms with Crippen molar-refractivity contribution in [2.24, 2.45) is 0 Å². The second kappa shape index (κ2) is 6.57. The lowest BCUT2D eigenvalue weighted by atomic mass is 10.0. The summed E-state index contributed by atoms with van der Waals surface area (Å²) < 4.78 is 0.740. The number of aromatic hydroxyl groups is 1. The first-order valence-corrected chi connectivity index (χ1v) is 7.19. The minimum Gasteiger partial charge on any atom is -0.507 e. The van der Waals surface area contributed by atoms with Crippen molar-refractivity contribution in [2.45, 2.75) is 12.8 Å². The lowest BCUT2D eigenvalue weighted by Crippen LogP contribution is -2.27. The summed E-state index contributed by atoms with van der Waals surface area (Å²) in [6.45, 7) is 2.58. The van der Waals surface area contributed by atoms with Crippen molar-refractivity contribution >= 4 is 21.8 Å². The van der Waals surface area contributed by atoms with Gasteiger partial charge in [-0.1, -0.05) is 53.2 Å². The molecule has 2 aromatic carbocycles. The monoisotopic (exact) mass is 333 g/mol. The molecule has 0 heterocycles.